The largest absolute Gasteiger partial charge is 0.496 e. The van der Waals surface area contributed by atoms with Gasteiger partial charge >= 0.3 is 6.18 Å². The van der Waals surface area contributed by atoms with E-state index in [4.69, 9.17) is 24.0 Å². The first-order valence-corrected chi connectivity index (χ1v) is 12.8. The van der Waals surface area contributed by atoms with Crippen molar-refractivity contribution in [2.45, 2.75) is 45.3 Å². The highest BCUT2D eigenvalue weighted by Gasteiger charge is 2.31. The molecule has 0 atom stereocenters. The molecule has 39 heavy (non-hydrogen) atoms. The number of alkyl halides is 3. The molecule has 1 saturated heterocycles. The Bertz CT molecular complexity index is 1660. The predicted octanol–water partition coefficient (Wildman–Crippen LogP) is 6.83. The number of ether oxygens (including phenoxy) is 2. The summed E-state index contributed by atoms with van der Waals surface area (Å²) >= 11 is 0. The van der Waals surface area contributed by atoms with Crippen LogP contribution in [0.4, 0.5) is 13.2 Å². The van der Waals surface area contributed by atoms with E-state index in [9.17, 15) is 13.2 Å². The first-order valence-electron chi connectivity index (χ1n) is 12.8. The molecule has 202 valence electrons. The Balaban J connectivity index is 1.58. The van der Waals surface area contributed by atoms with Gasteiger partial charge < -0.3 is 18.6 Å². The quantitative estimate of drug-likeness (QED) is 0.245. The summed E-state index contributed by atoms with van der Waals surface area (Å²) in [6.07, 6.45) is -1.12. The van der Waals surface area contributed by atoms with Gasteiger partial charge in [-0.2, -0.15) is 13.2 Å². The Morgan fingerprint density at radius 3 is 2.56 bits per heavy atom. The summed E-state index contributed by atoms with van der Waals surface area (Å²) in [5.41, 5.74) is 4.46. The summed E-state index contributed by atoms with van der Waals surface area (Å²) in [4.78, 5) is 9.68. The van der Waals surface area contributed by atoms with Crippen LogP contribution in [0.15, 0.2) is 47.1 Å². The van der Waals surface area contributed by atoms with Crippen molar-refractivity contribution in [2.24, 2.45) is 0 Å². The molecule has 0 bridgehead atoms. The van der Waals surface area contributed by atoms with Crippen LogP contribution in [-0.2, 0) is 17.5 Å². The number of pyridine rings is 1. The normalized spacial score (nSPS) is 14.9. The van der Waals surface area contributed by atoms with Crippen LogP contribution in [-0.4, -0.2) is 40.0 Å². The number of benzene rings is 2. The predicted molar refractivity (Wildman–Crippen MR) is 140 cm³/mol. The number of nitrogens with zero attached hydrogens (tertiary/aromatic N) is 4. The Morgan fingerprint density at radius 1 is 1.08 bits per heavy atom. The van der Waals surface area contributed by atoms with Crippen molar-refractivity contribution in [3.8, 4) is 16.9 Å². The van der Waals surface area contributed by atoms with Gasteiger partial charge in [0.05, 0.1) is 41.2 Å². The standard InChI is InChI=1S/C29H27F3N4O3/c1-16-26(17(2)39-35-16)22-12-23-21(13-25(22)37-3)27-24(14-33-23)34-28(19-7-9-38-10-8-19)36(27)15-18-5-4-6-20(11-18)29(30,31)32/h4-6,11-14,19H,7-10,15H2,1-3H3. The number of imidazole rings is 1. The van der Waals surface area contributed by atoms with E-state index in [1.165, 1.54) is 12.1 Å². The second-order valence-corrected chi connectivity index (χ2v) is 9.90. The smallest absolute Gasteiger partial charge is 0.416 e. The first-order chi connectivity index (χ1) is 18.7. The second kappa shape index (κ2) is 9.68. The summed E-state index contributed by atoms with van der Waals surface area (Å²) in [6.45, 7) is 5.19. The van der Waals surface area contributed by atoms with Crippen LogP contribution in [0.1, 0.15) is 47.2 Å². The number of methoxy groups -OCH3 is 1. The van der Waals surface area contributed by atoms with Crippen molar-refractivity contribution in [1.82, 2.24) is 19.7 Å². The molecule has 7 nitrogen and oxygen atoms in total. The molecule has 0 aliphatic carbocycles. The molecular weight excluding hydrogens is 509 g/mol. The zero-order chi connectivity index (χ0) is 27.3. The molecule has 0 radical (unpaired) electrons. The van der Waals surface area contributed by atoms with E-state index in [0.717, 1.165) is 52.5 Å². The minimum Gasteiger partial charge on any atom is -0.496 e. The highest BCUT2D eigenvalue weighted by atomic mass is 19.4. The van der Waals surface area contributed by atoms with Crippen LogP contribution in [0.3, 0.4) is 0 Å². The van der Waals surface area contributed by atoms with Crippen LogP contribution in [0.25, 0.3) is 33.1 Å². The highest BCUT2D eigenvalue weighted by molar-refractivity contribution is 6.05. The number of hydrogen-bond acceptors (Lipinski definition) is 6. The molecule has 6 rings (SSSR count). The minimum absolute atomic E-state index is 0.121. The van der Waals surface area contributed by atoms with Gasteiger partial charge in [-0.15, -0.1) is 0 Å². The molecule has 0 spiro atoms. The molecule has 10 heteroatoms. The topological polar surface area (TPSA) is 75.2 Å². The molecule has 0 unspecified atom stereocenters. The van der Waals surface area contributed by atoms with Crippen LogP contribution in [0, 0.1) is 13.8 Å². The molecule has 0 N–H and O–H groups in total. The van der Waals surface area contributed by atoms with Gasteiger partial charge in [0.15, 0.2) is 0 Å². The van der Waals surface area contributed by atoms with Gasteiger partial charge in [-0.1, -0.05) is 17.3 Å². The Labute approximate surface area is 222 Å². The number of rotatable bonds is 5. The van der Waals surface area contributed by atoms with Gasteiger partial charge in [0, 0.05) is 36.6 Å². The van der Waals surface area contributed by atoms with Crippen LogP contribution in [0.2, 0.25) is 0 Å². The summed E-state index contributed by atoms with van der Waals surface area (Å²) < 4.78 is 59.3. The fourth-order valence-corrected chi connectivity index (χ4v) is 5.55. The van der Waals surface area contributed by atoms with Crippen molar-refractivity contribution in [1.29, 1.82) is 0 Å². The van der Waals surface area contributed by atoms with Gasteiger partial charge in [-0.25, -0.2) is 4.98 Å². The minimum atomic E-state index is -4.42. The lowest BCUT2D eigenvalue weighted by atomic mass is 9.99. The molecule has 3 aromatic heterocycles. The van der Waals surface area contributed by atoms with Crippen molar-refractivity contribution in [2.75, 3.05) is 20.3 Å². The number of halogens is 3. The van der Waals surface area contributed by atoms with E-state index in [2.05, 4.69) is 5.16 Å². The number of hydrogen-bond donors (Lipinski definition) is 0. The fraction of sp³-hybridized carbons (Fsp3) is 0.345. The Hall–Kier alpha value is -3.92. The van der Waals surface area contributed by atoms with E-state index in [0.29, 0.717) is 41.3 Å². The number of aromatic nitrogens is 4. The second-order valence-electron chi connectivity index (χ2n) is 9.90. The number of aryl methyl sites for hydroxylation is 2. The lowest BCUT2D eigenvalue weighted by Gasteiger charge is -2.23. The zero-order valence-electron chi connectivity index (χ0n) is 21.8. The molecule has 1 fully saturated rings. The van der Waals surface area contributed by atoms with E-state index in [-0.39, 0.29) is 12.5 Å². The average Bonchev–Trinajstić information content (AvgIpc) is 3.47. The van der Waals surface area contributed by atoms with E-state index in [1.54, 1.807) is 19.4 Å². The van der Waals surface area contributed by atoms with E-state index < -0.39 is 11.7 Å². The van der Waals surface area contributed by atoms with Crippen LogP contribution >= 0.6 is 0 Å². The van der Waals surface area contributed by atoms with Gasteiger partial charge in [0.1, 0.15) is 22.9 Å². The van der Waals surface area contributed by atoms with Crippen molar-refractivity contribution >= 4 is 21.9 Å². The highest BCUT2D eigenvalue weighted by Crippen LogP contribution is 2.40. The summed E-state index contributed by atoms with van der Waals surface area (Å²) in [6, 6.07) is 9.33. The van der Waals surface area contributed by atoms with E-state index in [1.807, 2.05) is 30.5 Å². The van der Waals surface area contributed by atoms with Gasteiger partial charge in [0.2, 0.25) is 0 Å². The molecule has 1 aliphatic rings. The van der Waals surface area contributed by atoms with Crippen LogP contribution in [0.5, 0.6) is 5.75 Å². The maximum absolute atomic E-state index is 13.5. The molecule has 0 amide bonds. The monoisotopic (exact) mass is 536 g/mol. The third kappa shape index (κ3) is 4.52. The van der Waals surface area contributed by atoms with Gasteiger partial charge in [0.25, 0.3) is 0 Å². The van der Waals surface area contributed by atoms with E-state index >= 15 is 0 Å². The Morgan fingerprint density at radius 2 is 1.87 bits per heavy atom. The molecular formula is C29H27F3N4O3. The molecule has 0 saturated carbocycles. The third-order valence-electron chi connectivity index (χ3n) is 7.41. The molecule has 2 aromatic carbocycles. The maximum Gasteiger partial charge on any atom is 0.416 e. The fourth-order valence-electron chi connectivity index (χ4n) is 5.55. The van der Waals surface area contributed by atoms with Crippen LogP contribution < -0.4 is 4.74 Å². The summed E-state index contributed by atoms with van der Waals surface area (Å²) in [5, 5.41) is 4.89. The maximum atomic E-state index is 13.5. The van der Waals surface area contributed by atoms with Crippen molar-refractivity contribution in [3.05, 3.63) is 71.0 Å². The SMILES string of the molecule is COc1cc2c(cc1-c1c(C)noc1C)ncc1nc(C3CCOCC3)n(Cc3cccc(C(F)(F)F)c3)c12. The molecule has 4 heterocycles. The molecule has 5 aromatic rings. The molecule has 1 aliphatic heterocycles. The summed E-state index contributed by atoms with van der Waals surface area (Å²) in [5.74, 6) is 2.23. The summed E-state index contributed by atoms with van der Waals surface area (Å²) in [7, 11) is 1.60. The lowest BCUT2D eigenvalue weighted by molar-refractivity contribution is -0.137. The third-order valence-corrected chi connectivity index (χ3v) is 7.41. The number of fused-ring (bicyclic) bond motifs is 3. The van der Waals surface area contributed by atoms with Crippen molar-refractivity contribution in [3.63, 3.8) is 0 Å². The van der Waals surface area contributed by atoms with Crippen molar-refractivity contribution < 1.29 is 27.2 Å². The Kier molecular flexibility index (Phi) is 6.29. The zero-order valence-corrected chi connectivity index (χ0v) is 21.8. The lowest BCUT2D eigenvalue weighted by Crippen LogP contribution is -2.18. The van der Waals surface area contributed by atoms with Gasteiger partial charge in [-0.3, -0.25) is 4.98 Å². The van der Waals surface area contributed by atoms with Gasteiger partial charge in [-0.05, 0) is 56.5 Å². The first kappa shape index (κ1) is 25.4. The average molecular weight is 537 g/mol.